The molecule has 4 aromatic rings. The van der Waals surface area contributed by atoms with Crippen molar-refractivity contribution in [3.8, 4) is 11.6 Å². The first kappa shape index (κ1) is 23.4. The number of hydrogen-bond donors (Lipinski definition) is 2. The van der Waals surface area contributed by atoms with E-state index >= 15 is 0 Å². The van der Waals surface area contributed by atoms with Gasteiger partial charge in [-0.1, -0.05) is 17.7 Å². The molecule has 0 saturated heterocycles. The van der Waals surface area contributed by atoms with Gasteiger partial charge in [-0.2, -0.15) is 5.10 Å². The van der Waals surface area contributed by atoms with Crippen molar-refractivity contribution in [1.82, 2.24) is 24.7 Å². The molecule has 176 valence electrons. The molecule has 2 N–H and O–H groups in total. The summed E-state index contributed by atoms with van der Waals surface area (Å²) in [6.07, 6.45) is 2.22. The Kier molecular flexibility index (Phi) is 7.21. The summed E-state index contributed by atoms with van der Waals surface area (Å²) in [7, 11) is 0. The van der Waals surface area contributed by atoms with E-state index < -0.39 is 23.6 Å². The van der Waals surface area contributed by atoms with E-state index in [2.05, 4.69) is 25.4 Å². The molecule has 4 rings (SSSR count). The van der Waals surface area contributed by atoms with Gasteiger partial charge in [0.15, 0.2) is 5.65 Å². The van der Waals surface area contributed by atoms with Gasteiger partial charge in [-0.15, -0.1) is 0 Å². The minimum absolute atomic E-state index is 0.00762. The van der Waals surface area contributed by atoms with Crippen molar-refractivity contribution in [1.29, 1.82) is 0 Å². The van der Waals surface area contributed by atoms with Crippen molar-refractivity contribution < 1.29 is 28.2 Å². The molecule has 0 radical (unpaired) electrons. The van der Waals surface area contributed by atoms with E-state index in [-0.39, 0.29) is 53.3 Å². The van der Waals surface area contributed by atoms with Gasteiger partial charge >= 0.3 is 0 Å². The van der Waals surface area contributed by atoms with Crippen LogP contribution in [0.25, 0.3) is 16.7 Å². The molecule has 0 aliphatic heterocycles. The molecule has 0 bridgehead atoms. The number of fused-ring (bicyclic) bond motifs is 1. The zero-order valence-corrected chi connectivity index (χ0v) is 18.1. The smallest absolute Gasteiger partial charge is 0.269 e. The summed E-state index contributed by atoms with van der Waals surface area (Å²) in [5.41, 5.74) is 0.180. The van der Waals surface area contributed by atoms with Gasteiger partial charge in [0.2, 0.25) is 12.0 Å². The Morgan fingerprint density at radius 3 is 2.76 bits per heavy atom. The van der Waals surface area contributed by atoms with E-state index in [1.54, 1.807) is 0 Å². The average molecular weight is 491 g/mol. The number of anilines is 1. The molecule has 1 amide bonds. The Labute approximate surface area is 196 Å². The van der Waals surface area contributed by atoms with E-state index in [4.69, 9.17) is 26.2 Å². The van der Waals surface area contributed by atoms with E-state index in [1.165, 1.54) is 35.1 Å². The Hall–Kier alpha value is -3.74. The van der Waals surface area contributed by atoms with Crippen molar-refractivity contribution in [2.75, 3.05) is 25.1 Å². The molecule has 0 spiro atoms. The minimum atomic E-state index is -1.24. The third-order valence-electron chi connectivity index (χ3n) is 4.51. The number of ether oxygens (including phenoxy) is 2. The maximum absolute atomic E-state index is 14.4. The molecule has 0 saturated carbocycles. The summed E-state index contributed by atoms with van der Waals surface area (Å²) >= 11 is 6.15. The number of carbonyl (C=O) groups is 1. The number of hydrogen-bond acceptors (Lipinski definition) is 8. The second-order valence-electron chi connectivity index (χ2n) is 6.80. The largest absolute Gasteiger partial charge is 0.461 e. The number of benzene rings is 1. The maximum Gasteiger partial charge on any atom is 0.269 e. The molecular weight excluding hydrogens is 474 g/mol. The Balaban J connectivity index is 1.63. The van der Waals surface area contributed by atoms with Crippen molar-refractivity contribution in [3.05, 3.63) is 65.7 Å². The molecule has 3 aromatic heterocycles. The Morgan fingerprint density at radius 1 is 1.18 bits per heavy atom. The summed E-state index contributed by atoms with van der Waals surface area (Å²) in [5, 5.41) is 16.0. The van der Waals surface area contributed by atoms with Gasteiger partial charge in [-0.3, -0.25) is 4.79 Å². The fourth-order valence-corrected chi connectivity index (χ4v) is 3.22. The molecule has 10 nitrogen and oxygen atoms in total. The molecule has 0 aliphatic carbocycles. The second-order valence-corrected chi connectivity index (χ2v) is 7.21. The van der Waals surface area contributed by atoms with Crippen LogP contribution in [0, 0.1) is 11.6 Å². The number of aromatic nitrogens is 5. The fraction of sp³-hybridized carbons (Fsp3) is 0.190. The number of para-hydroxylation sites is 1. The van der Waals surface area contributed by atoms with Crippen LogP contribution in [-0.4, -0.2) is 61.7 Å². The zero-order chi connectivity index (χ0) is 24.1. The van der Waals surface area contributed by atoms with E-state index in [1.807, 2.05) is 0 Å². The van der Waals surface area contributed by atoms with Crippen molar-refractivity contribution in [2.45, 2.75) is 6.10 Å². The van der Waals surface area contributed by atoms with E-state index in [9.17, 15) is 13.6 Å². The van der Waals surface area contributed by atoms with E-state index in [0.717, 1.165) is 18.6 Å². The number of aliphatic hydroxyl groups is 1. The zero-order valence-electron chi connectivity index (χ0n) is 17.4. The molecular formula is C21H17ClF2N6O4. The highest BCUT2D eigenvalue weighted by Crippen LogP contribution is 2.29. The van der Waals surface area contributed by atoms with Gasteiger partial charge in [-0.25, -0.2) is 28.4 Å². The van der Waals surface area contributed by atoms with Crippen LogP contribution in [0.3, 0.4) is 0 Å². The van der Waals surface area contributed by atoms with Crippen LogP contribution >= 0.6 is 11.6 Å². The van der Waals surface area contributed by atoms with Gasteiger partial charge in [0.1, 0.15) is 34.9 Å². The summed E-state index contributed by atoms with van der Waals surface area (Å²) in [6, 6.07) is 6.62. The van der Waals surface area contributed by atoms with Crippen LogP contribution in [0.1, 0.15) is 0 Å². The van der Waals surface area contributed by atoms with Gasteiger partial charge in [-0.05, 0) is 24.3 Å². The van der Waals surface area contributed by atoms with Crippen LogP contribution in [0.15, 0.2) is 49.1 Å². The summed E-state index contributed by atoms with van der Waals surface area (Å²) in [6.45, 7) is -0.543. The van der Waals surface area contributed by atoms with Crippen LogP contribution in [-0.2, 0) is 9.53 Å². The highest BCUT2D eigenvalue weighted by Gasteiger charge is 2.25. The first-order valence-corrected chi connectivity index (χ1v) is 10.3. The lowest BCUT2D eigenvalue weighted by Gasteiger charge is -2.18. The predicted molar refractivity (Wildman–Crippen MR) is 117 cm³/mol. The minimum Gasteiger partial charge on any atom is -0.461 e. The molecule has 0 aliphatic rings. The van der Waals surface area contributed by atoms with Crippen LogP contribution in [0.5, 0.6) is 5.88 Å². The lowest BCUT2D eigenvalue weighted by atomic mass is 10.3. The van der Waals surface area contributed by atoms with Crippen LogP contribution in [0.4, 0.5) is 14.6 Å². The van der Waals surface area contributed by atoms with Crippen LogP contribution in [0.2, 0.25) is 5.02 Å². The summed E-state index contributed by atoms with van der Waals surface area (Å²) in [4.78, 5) is 24.8. The quantitative estimate of drug-likeness (QED) is 0.343. The highest BCUT2D eigenvalue weighted by molar-refractivity contribution is 6.32. The summed E-state index contributed by atoms with van der Waals surface area (Å²) < 4.78 is 39.8. The lowest BCUT2D eigenvalue weighted by molar-refractivity contribution is -0.125. The number of rotatable bonds is 9. The number of amides is 1. The lowest BCUT2D eigenvalue weighted by Crippen LogP contribution is -2.37. The molecule has 0 unspecified atom stereocenters. The molecule has 34 heavy (non-hydrogen) atoms. The standard InChI is InChI=1S/C21H17ClF2N6O4/c22-14-2-1-3-15(24)18(14)30-19-13(9-28-30)21(27-11-26-19)34-16(10-33-7-6-31)20(32)29-17-5-4-12(23)8-25-17/h1-5,8-9,11,16,31H,6-7,10H2,(H,25,29,32)/t16-/m0/s1. The number of nitrogens with one attached hydrogen (secondary N) is 1. The van der Waals surface area contributed by atoms with Gasteiger partial charge < -0.3 is 19.9 Å². The van der Waals surface area contributed by atoms with Crippen LogP contribution < -0.4 is 10.1 Å². The van der Waals surface area contributed by atoms with Gasteiger partial charge in [0.05, 0.1) is 37.2 Å². The highest BCUT2D eigenvalue weighted by atomic mass is 35.5. The SMILES string of the molecule is O=C(Nc1ccc(F)cn1)[C@H](COCCO)Oc1ncnc2c1cnn2-c1c(F)cccc1Cl. The van der Waals surface area contributed by atoms with Crippen molar-refractivity contribution in [3.63, 3.8) is 0 Å². The topological polar surface area (TPSA) is 124 Å². The molecule has 0 fully saturated rings. The normalized spacial score (nSPS) is 12.0. The van der Waals surface area contributed by atoms with E-state index in [0.29, 0.717) is 0 Å². The number of aliphatic hydroxyl groups excluding tert-OH is 1. The van der Waals surface area contributed by atoms with Crippen molar-refractivity contribution in [2.24, 2.45) is 0 Å². The van der Waals surface area contributed by atoms with Gasteiger partial charge in [0, 0.05) is 0 Å². The first-order valence-electron chi connectivity index (χ1n) is 9.88. The number of nitrogens with zero attached hydrogens (tertiary/aromatic N) is 5. The molecule has 13 heteroatoms. The maximum atomic E-state index is 14.4. The first-order chi connectivity index (χ1) is 16.5. The fourth-order valence-electron chi connectivity index (χ4n) is 2.98. The number of halogens is 3. The predicted octanol–water partition coefficient (Wildman–Crippen LogP) is 2.54. The monoisotopic (exact) mass is 490 g/mol. The third-order valence-corrected chi connectivity index (χ3v) is 4.81. The summed E-state index contributed by atoms with van der Waals surface area (Å²) in [5.74, 6) is -1.76. The van der Waals surface area contributed by atoms with Gasteiger partial charge in [0.25, 0.3) is 5.91 Å². The molecule has 1 aromatic carbocycles. The molecule has 3 heterocycles. The third kappa shape index (κ3) is 5.09. The average Bonchev–Trinajstić information content (AvgIpc) is 3.24. The number of pyridine rings is 1. The Bertz CT molecular complexity index is 1280. The Morgan fingerprint density at radius 2 is 2.03 bits per heavy atom. The number of carbonyl (C=O) groups excluding carboxylic acids is 1. The molecule has 1 atom stereocenters. The van der Waals surface area contributed by atoms with Crippen molar-refractivity contribution >= 4 is 34.4 Å². The second kappa shape index (κ2) is 10.5.